The molecule has 86 valence electrons. The van der Waals surface area contributed by atoms with E-state index in [0.717, 1.165) is 18.6 Å². The Hall–Kier alpha value is -1.32. The van der Waals surface area contributed by atoms with E-state index in [-0.39, 0.29) is 13.2 Å². The third-order valence-electron chi connectivity index (χ3n) is 2.76. The maximum Gasteiger partial charge on any atom is 0.123 e. The largest absolute Gasteiger partial charge is 0.491 e. The summed E-state index contributed by atoms with van der Waals surface area (Å²) in [6.45, 7) is 0.492. The zero-order valence-corrected chi connectivity index (χ0v) is 9.23. The molecule has 3 N–H and O–H groups in total. The van der Waals surface area contributed by atoms with Gasteiger partial charge in [-0.2, -0.15) is 0 Å². The van der Waals surface area contributed by atoms with Crippen LogP contribution >= 0.6 is 0 Å². The van der Waals surface area contributed by atoms with Gasteiger partial charge >= 0.3 is 0 Å². The second-order valence-electron chi connectivity index (χ2n) is 3.97. The fraction of sp³-hybridized carbons (Fsp3) is 0.385. The summed E-state index contributed by atoms with van der Waals surface area (Å²) in [7, 11) is 0. The second kappa shape index (κ2) is 5.14. The van der Waals surface area contributed by atoms with Gasteiger partial charge in [-0.15, -0.1) is 0 Å². The molecular formula is C13H17NO2. The van der Waals surface area contributed by atoms with Gasteiger partial charge in [0.2, 0.25) is 0 Å². The van der Waals surface area contributed by atoms with Gasteiger partial charge in [0.05, 0.1) is 0 Å². The summed E-state index contributed by atoms with van der Waals surface area (Å²) in [5, 5.41) is 9.36. The molecular weight excluding hydrogens is 202 g/mol. The number of hydrogen-bond donors (Lipinski definition) is 2. The van der Waals surface area contributed by atoms with E-state index in [0.29, 0.717) is 0 Å². The van der Waals surface area contributed by atoms with Crippen LogP contribution in [0.4, 0.5) is 0 Å². The van der Waals surface area contributed by atoms with Crippen LogP contribution in [0.25, 0.3) is 0 Å². The Labute approximate surface area is 95.5 Å². The number of nitrogens with two attached hydrogens (primary N) is 1. The maximum atomic E-state index is 9.36. The number of hydrogen-bond acceptors (Lipinski definition) is 3. The Bertz CT molecular complexity index is 388. The second-order valence-corrected chi connectivity index (χ2v) is 3.97. The highest BCUT2D eigenvalue weighted by Gasteiger charge is 2.11. The third-order valence-corrected chi connectivity index (χ3v) is 2.76. The zero-order chi connectivity index (χ0) is 11.4. The van der Waals surface area contributed by atoms with Crippen LogP contribution in [0.1, 0.15) is 11.1 Å². The van der Waals surface area contributed by atoms with Crippen molar-refractivity contribution in [2.75, 3.05) is 13.2 Å². The number of ether oxygens (including phenoxy) is 1. The molecule has 16 heavy (non-hydrogen) atoms. The molecule has 3 nitrogen and oxygen atoms in total. The predicted molar refractivity (Wildman–Crippen MR) is 63.5 cm³/mol. The number of aliphatic hydroxyl groups is 1. The minimum Gasteiger partial charge on any atom is -0.491 e. The Morgan fingerprint density at radius 2 is 2.12 bits per heavy atom. The molecule has 2 rings (SSSR count). The minimum atomic E-state index is -0.588. The summed E-state index contributed by atoms with van der Waals surface area (Å²) in [4.78, 5) is 0. The highest BCUT2D eigenvalue weighted by Crippen LogP contribution is 2.26. The Morgan fingerprint density at radius 3 is 2.94 bits per heavy atom. The monoisotopic (exact) mass is 219 g/mol. The highest BCUT2D eigenvalue weighted by atomic mass is 16.5. The van der Waals surface area contributed by atoms with Crippen molar-refractivity contribution in [3.63, 3.8) is 0 Å². The van der Waals surface area contributed by atoms with Crippen molar-refractivity contribution in [3.8, 4) is 5.75 Å². The predicted octanol–water partition coefficient (Wildman–Crippen LogP) is 1.04. The Morgan fingerprint density at radius 1 is 1.31 bits per heavy atom. The molecule has 0 heterocycles. The summed E-state index contributed by atoms with van der Waals surface area (Å²) in [5.41, 5.74) is 7.87. The summed E-state index contributed by atoms with van der Waals surface area (Å²) < 4.78 is 5.59. The maximum absolute atomic E-state index is 9.36. The van der Waals surface area contributed by atoms with Crippen LogP contribution in [0.2, 0.25) is 0 Å². The van der Waals surface area contributed by atoms with Crippen molar-refractivity contribution >= 4 is 0 Å². The normalized spacial score (nSPS) is 15.6. The van der Waals surface area contributed by atoms with Gasteiger partial charge in [-0.1, -0.05) is 24.3 Å². The number of rotatable bonds is 4. The van der Waals surface area contributed by atoms with Gasteiger partial charge in [-0.3, -0.25) is 0 Å². The first kappa shape index (κ1) is 11.2. The van der Waals surface area contributed by atoms with Gasteiger partial charge in [-0.25, -0.2) is 0 Å². The van der Waals surface area contributed by atoms with E-state index in [1.807, 2.05) is 12.1 Å². The Balaban J connectivity index is 2.10. The zero-order valence-electron chi connectivity index (χ0n) is 9.23. The van der Waals surface area contributed by atoms with Crippen molar-refractivity contribution in [1.29, 1.82) is 0 Å². The summed E-state index contributed by atoms with van der Waals surface area (Å²) in [6.07, 6.45) is 5.60. The standard InChI is InChI=1S/C13H17NO2/c14-8-11(15)9-16-13-7-3-5-10-4-1-2-6-12(10)13/h1-3,5,7,11,15H,4,6,8-9,14H2/t11-/m0/s1. The fourth-order valence-electron chi connectivity index (χ4n) is 1.83. The van der Waals surface area contributed by atoms with E-state index < -0.39 is 6.10 Å². The van der Waals surface area contributed by atoms with Gasteiger partial charge in [0, 0.05) is 12.1 Å². The van der Waals surface area contributed by atoms with E-state index in [1.165, 1.54) is 11.1 Å². The van der Waals surface area contributed by atoms with Crippen molar-refractivity contribution in [1.82, 2.24) is 0 Å². The van der Waals surface area contributed by atoms with Gasteiger partial charge < -0.3 is 15.6 Å². The van der Waals surface area contributed by atoms with E-state index in [9.17, 15) is 5.11 Å². The Kier molecular flexibility index (Phi) is 3.59. The molecule has 1 aromatic carbocycles. The SMILES string of the molecule is NC[C@H](O)COc1cccc2c1CC=CC2. The summed E-state index contributed by atoms with van der Waals surface area (Å²) >= 11 is 0. The van der Waals surface area contributed by atoms with Crippen molar-refractivity contribution < 1.29 is 9.84 Å². The van der Waals surface area contributed by atoms with Crippen molar-refractivity contribution in [2.24, 2.45) is 5.73 Å². The lowest BCUT2D eigenvalue weighted by molar-refractivity contribution is 0.113. The number of benzene rings is 1. The van der Waals surface area contributed by atoms with Gasteiger partial charge in [0.1, 0.15) is 18.5 Å². The minimum absolute atomic E-state index is 0.231. The van der Waals surface area contributed by atoms with Crippen molar-refractivity contribution in [2.45, 2.75) is 18.9 Å². The molecule has 0 saturated carbocycles. The molecule has 0 amide bonds. The molecule has 0 unspecified atom stereocenters. The van der Waals surface area contributed by atoms with Crippen LogP contribution in [0.15, 0.2) is 30.4 Å². The lowest BCUT2D eigenvalue weighted by atomic mass is 9.96. The first-order chi connectivity index (χ1) is 7.81. The lowest BCUT2D eigenvalue weighted by Gasteiger charge is -2.17. The van der Waals surface area contributed by atoms with E-state index in [2.05, 4.69) is 18.2 Å². The number of allylic oxidation sites excluding steroid dienone is 2. The molecule has 0 fully saturated rings. The molecule has 0 radical (unpaired) electrons. The van der Waals surface area contributed by atoms with Crippen LogP contribution in [0, 0.1) is 0 Å². The van der Waals surface area contributed by atoms with Gasteiger partial charge in [0.15, 0.2) is 0 Å². The average Bonchev–Trinajstić information content (AvgIpc) is 2.35. The van der Waals surface area contributed by atoms with Crippen LogP contribution in [0.5, 0.6) is 5.75 Å². The number of fused-ring (bicyclic) bond motifs is 1. The molecule has 0 aromatic heterocycles. The van der Waals surface area contributed by atoms with E-state index in [1.54, 1.807) is 0 Å². The van der Waals surface area contributed by atoms with Crippen LogP contribution in [-0.4, -0.2) is 24.4 Å². The molecule has 1 aromatic rings. The lowest BCUT2D eigenvalue weighted by Crippen LogP contribution is -2.26. The van der Waals surface area contributed by atoms with Gasteiger partial charge in [-0.05, 0) is 24.5 Å². The molecule has 1 atom stereocenters. The summed E-state index contributed by atoms with van der Waals surface area (Å²) in [6, 6.07) is 6.05. The quantitative estimate of drug-likeness (QED) is 0.744. The van der Waals surface area contributed by atoms with E-state index >= 15 is 0 Å². The molecule has 0 aliphatic heterocycles. The topological polar surface area (TPSA) is 55.5 Å². The highest BCUT2D eigenvalue weighted by molar-refractivity contribution is 5.44. The third kappa shape index (κ3) is 2.43. The fourth-order valence-corrected chi connectivity index (χ4v) is 1.83. The van der Waals surface area contributed by atoms with Gasteiger partial charge in [0.25, 0.3) is 0 Å². The van der Waals surface area contributed by atoms with Crippen LogP contribution in [0.3, 0.4) is 0 Å². The molecule has 1 aliphatic rings. The summed E-state index contributed by atoms with van der Waals surface area (Å²) in [5.74, 6) is 0.870. The molecule has 0 spiro atoms. The average molecular weight is 219 g/mol. The number of aliphatic hydroxyl groups excluding tert-OH is 1. The first-order valence-corrected chi connectivity index (χ1v) is 5.58. The first-order valence-electron chi connectivity index (χ1n) is 5.58. The smallest absolute Gasteiger partial charge is 0.123 e. The van der Waals surface area contributed by atoms with E-state index in [4.69, 9.17) is 10.5 Å². The van der Waals surface area contributed by atoms with Crippen LogP contribution < -0.4 is 10.5 Å². The molecule has 3 heteroatoms. The molecule has 1 aliphatic carbocycles. The van der Waals surface area contributed by atoms with Crippen LogP contribution in [-0.2, 0) is 12.8 Å². The van der Waals surface area contributed by atoms with Crippen molar-refractivity contribution in [3.05, 3.63) is 41.5 Å². The molecule has 0 saturated heterocycles. The molecule has 0 bridgehead atoms.